The van der Waals surface area contributed by atoms with E-state index in [1.54, 1.807) is 75.4 Å². The molecule has 0 saturated carbocycles. The summed E-state index contributed by atoms with van der Waals surface area (Å²) in [7, 11) is 0. The van der Waals surface area contributed by atoms with Crippen LogP contribution in [0.3, 0.4) is 0 Å². The molecule has 0 fully saturated rings. The summed E-state index contributed by atoms with van der Waals surface area (Å²) in [6.45, 7) is 5.63. The molecular formula is C39H57N7O9. The van der Waals surface area contributed by atoms with Gasteiger partial charge >= 0.3 is 12.1 Å². The number of benzene rings is 2. The van der Waals surface area contributed by atoms with Crippen LogP contribution in [0.5, 0.6) is 0 Å². The number of amides is 6. The van der Waals surface area contributed by atoms with Gasteiger partial charge < -0.3 is 47.9 Å². The minimum atomic E-state index is -1.21. The van der Waals surface area contributed by atoms with Crippen LogP contribution in [0.2, 0.25) is 0 Å². The topological polar surface area (TPSA) is 261 Å². The number of primary amides is 1. The van der Waals surface area contributed by atoms with E-state index in [0.717, 1.165) is 5.56 Å². The first-order valence-corrected chi connectivity index (χ1v) is 18.5. The average Bonchev–Trinajstić information content (AvgIpc) is 3.12. The van der Waals surface area contributed by atoms with E-state index in [-0.39, 0.29) is 45.1 Å². The fourth-order valence-electron chi connectivity index (χ4n) is 5.44. The van der Waals surface area contributed by atoms with Crippen molar-refractivity contribution in [1.29, 1.82) is 0 Å². The molecule has 10 N–H and O–H groups in total. The van der Waals surface area contributed by atoms with Crippen molar-refractivity contribution < 1.29 is 43.4 Å². The van der Waals surface area contributed by atoms with Crippen molar-refractivity contribution in [2.75, 3.05) is 13.1 Å². The number of hydrogen-bond donors (Lipinski definition) is 8. The van der Waals surface area contributed by atoms with Gasteiger partial charge in [0, 0.05) is 25.8 Å². The number of rotatable bonds is 24. The number of nitrogens with one attached hydrogen (secondary N) is 5. The smallest absolute Gasteiger partial charge is 0.408 e. The summed E-state index contributed by atoms with van der Waals surface area (Å²) >= 11 is 0. The van der Waals surface area contributed by atoms with E-state index in [9.17, 15) is 33.6 Å². The zero-order valence-electron chi connectivity index (χ0n) is 31.9. The molecule has 0 saturated heterocycles. The summed E-state index contributed by atoms with van der Waals surface area (Å²) in [5.41, 5.74) is 11.8. The van der Waals surface area contributed by atoms with Crippen LogP contribution in [-0.4, -0.2) is 89.6 Å². The third kappa shape index (κ3) is 19.4. The SMILES string of the molecule is CC(C)(C)OC(=O)N[C@@H](CCCCNC(=O)CCC(=O)O)C(=O)N[C@@H](Cc1ccccc1)C(=O)N[C@@H](Cc1ccccc1)C(=O)N[C@@H](CCCCN)C(N)=O. The number of ether oxygens (including phenoxy) is 1. The Morgan fingerprint density at radius 2 is 1.13 bits per heavy atom. The normalized spacial score (nSPS) is 13.2. The number of carbonyl (C=O) groups excluding carboxylic acids is 6. The van der Waals surface area contributed by atoms with Crippen molar-refractivity contribution in [3.63, 3.8) is 0 Å². The average molecular weight is 768 g/mol. The third-order valence-corrected chi connectivity index (χ3v) is 8.25. The van der Waals surface area contributed by atoms with Gasteiger partial charge in [-0.15, -0.1) is 0 Å². The number of carboxylic acid groups (broad SMARTS) is 1. The zero-order chi connectivity index (χ0) is 40.8. The van der Waals surface area contributed by atoms with Crippen molar-refractivity contribution in [3.05, 3.63) is 71.8 Å². The largest absolute Gasteiger partial charge is 0.481 e. The number of unbranched alkanes of at least 4 members (excludes halogenated alkanes) is 2. The molecule has 2 aromatic rings. The van der Waals surface area contributed by atoms with Gasteiger partial charge in [0.2, 0.25) is 29.5 Å². The number of carbonyl (C=O) groups is 7. The molecule has 0 aliphatic rings. The first kappa shape index (κ1) is 45.6. The van der Waals surface area contributed by atoms with Gasteiger partial charge in [-0.25, -0.2) is 4.79 Å². The molecule has 0 unspecified atom stereocenters. The van der Waals surface area contributed by atoms with Crippen LogP contribution in [0.1, 0.15) is 83.3 Å². The van der Waals surface area contributed by atoms with E-state index in [1.807, 2.05) is 6.07 Å². The van der Waals surface area contributed by atoms with Crippen LogP contribution in [0.4, 0.5) is 4.79 Å². The van der Waals surface area contributed by atoms with Gasteiger partial charge in [-0.1, -0.05) is 60.7 Å². The fourth-order valence-corrected chi connectivity index (χ4v) is 5.44. The Hall–Kier alpha value is -5.51. The van der Waals surface area contributed by atoms with Crippen LogP contribution in [0, 0.1) is 0 Å². The molecule has 16 nitrogen and oxygen atoms in total. The summed E-state index contributed by atoms with van der Waals surface area (Å²) in [5, 5.41) is 22.2. The maximum Gasteiger partial charge on any atom is 0.408 e. The van der Waals surface area contributed by atoms with Gasteiger partial charge in [0.25, 0.3) is 0 Å². The highest BCUT2D eigenvalue weighted by molar-refractivity contribution is 5.95. The molecular weight excluding hydrogens is 710 g/mol. The second kappa shape index (κ2) is 24.0. The van der Waals surface area contributed by atoms with Crippen LogP contribution >= 0.6 is 0 Å². The quantitative estimate of drug-likeness (QED) is 0.0716. The first-order valence-electron chi connectivity index (χ1n) is 18.5. The third-order valence-electron chi connectivity index (χ3n) is 8.25. The van der Waals surface area contributed by atoms with E-state index in [0.29, 0.717) is 37.8 Å². The predicted octanol–water partition coefficient (Wildman–Crippen LogP) is 1.59. The standard InChI is InChI=1S/C39H57N7O9/c1-39(2,3)55-38(54)46-29(19-11-13-23-42-32(47)20-21-33(48)49)35(51)44-31(25-27-16-8-5-9-17-27)37(53)45-30(24-26-14-6-4-7-15-26)36(52)43-28(34(41)50)18-10-12-22-40/h4-9,14-17,28-31H,10-13,18-25,40H2,1-3H3,(H2,41,50)(H,42,47)(H,43,52)(H,44,51)(H,45,53)(H,46,54)(H,48,49)/t28-,29-,30-,31-/m0/s1. The molecule has 0 bridgehead atoms. The molecule has 16 heteroatoms. The fraction of sp³-hybridized carbons (Fsp3) is 0.513. The maximum absolute atomic E-state index is 14.1. The molecule has 55 heavy (non-hydrogen) atoms. The molecule has 0 aromatic heterocycles. The van der Waals surface area contributed by atoms with Gasteiger partial charge in [0.05, 0.1) is 6.42 Å². The van der Waals surface area contributed by atoms with Gasteiger partial charge in [-0.3, -0.25) is 28.8 Å². The minimum Gasteiger partial charge on any atom is -0.481 e. The van der Waals surface area contributed by atoms with Crippen molar-refractivity contribution in [2.45, 2.75) is 115 Å². The second-order valence-corrected chi connectivity index (χ2v) is 14.2. The Kier molecular flexibility index (Phi) is 19.9. The first-order chi connectivity index (χ1) is 26.1. The highest BCUT2D eigenvalue weighted by Crippen LogP contribution is 2.12. The molecule has 0 spiro atoms. The molecule has 4 atom stereocenters. The molecule has 0 heterocycles. The number of hydrogen-bond acceptors (Lipinski definition) is 9. The second-order valence-electron chi connectivity index (χ2n) is 14.2. The van der Waals surface area contributed by atoms with E-state index in [2.05, 4.69) is 26.6 Å². The summed E-state index contributed by atoms with van der Waals surface area (Å²) < 4.78 is 5.39. The zero-order valence-corrected chi connectivity index (χ0v) is 31.9. The van der Waals surface area contributed by atoms with Gasteiger partial charge in [-0.2, -0.15) is 0 Å². The van der Waals surface area contributed by atoms with Crippen molar-refractivity contribution in [1.82, 2.24) is 26.6 Å². The van der Waals surface area contributed by atoms with Crippen molar-refractivity contribution >= 4 is 41.6 Å². The number of nitrogens with two attached hydrogens (primary N) is 2. The lowest BCUT2D eigenvalue weighted by atomic mass is 10.0. The van der Waals surface area contributed by atoms with Crippen molar-refractivity contribution in [2.24, 2.45) is 11.5 Å². The molecule has 0 radical (unpaired) electrons. The van der Waals surface area contributed by atoms with E-state index in [1.165, 1.54) is 0 Å². The van der Waals surface area contributed by atoms with E-state index >= 15 is 0 Å². The molecule has 6 amide bonds. The van der Waals surface area contributed by atoms with E-state index in [4.69, 9.17) is 21.3 Å². The Balaban J connectivity index is 2.32. The Morgan fingerprint density at radius 1 is 0.655 bits per heavy atom. The minimum absolute atomic E-state index is 0.0304. The molecule has 302 valence electrons. The summed E-state index contributed by atoms with van der Waals surface area (Å²) in [6.07, 6.45) is 1.07. The van der Waals surface area contributed by atoms with Crippen LogP contribution in [-0.2, 0) is 46.3 Å². The monoisotopic (exact) mass is 767 g/mol. The molecule has 2 aromatic carbocycles. The number of aliphatic carboxylic acids is 1. The molecule has 0 aliphatic carbocycles. The summed E-state index contributed by atoms with van der Waals surface area (Å²) in [6, 6.07) is 13.3. The predicted molar refractivity (Wildman–Crippen MR) is 205 cm³/mol. The lowest BCUT2D eigenvalue weighted by Crippen LogP contribution is -2.59. The lowest BCUT2D eigenvalue weighted by Gasteiger charge is -2.27. The highest BCUT2D eigenvalue weighted by atomic mass is 16.6. The van der Waals surface area contributed by atoms with Gasteiger partial charge in [0.1, 0.15) is 29.8 Å². The van der Waals surface area contributed by atoms with Crippen LogP contribution in [0.25, 0.3) is 0 Å². The summed E-state index contributed by atoms with van der Waals surface area (Å²) in [4.78, 5) is 89.4. The maximum atomic E-state index is 14.1. The Labute approximate surface area is 322 Å². The van der Waals surface area contributed by atoms with Crippen LogP contribution in [0.15, 0.2) is 60.7 Å². The lowest BCUT2D eigenvalue weighted by molar-refractivity contribution is -0.138. The van der Waals surface area contributed by atoms with Gasteiger partial charge in [-0.05, 0) is 77.0 Å². The van der Waals surface area contributed by atoms with E-state index < -0.39 is 71.4 Å². The number of carboxylic acids is 1. The Morgan fingerprint density at radius 3 is 1.60 bits per heavy atom. The van der Waals surface area contributed by atoms with Crippen LogP contribution < -0.4 is 38.1 Å². The highest BCUT2D eigenvalue weighted by Gasteiger charge is 2.32. The summed E-state index contributed by atoms with van der Waals surface area (Å²) in [5.74, 6) is -4.25. The molecule has 0 aliphatic heterocycles. The molecule has 2 rings (SSSR count). The Bertz CT molecular complexity index is 1550. The van der Waals surface area contributed by atoms with Crippen molar-refractivity contribution in [3.8, 4) is 0 Å². The van der Waals surface area contributed by atoms with Gasteiger partial charge in [0.15, 0.2) is 0 Å². The number of alkyl carbamates (subject to hydrolysis) is 1.